The number of aromatic nitrogens is 1. The number of hydrogen-bond donors (Lipinski definition) is 1. The van der Waals surface area contributed by atoms with Gasteiger partial charge in [0.1, 0.15) is 17.3 Å². The number of ether oxygens (including phenoxy) is 1. The van der Waals surface area contributed by atoms with Crippen LogP contribution in [0.3, 0.4) is 0 Å². The van der Waals surface area contributed by atoms with E-state index >= 15 is 0 Å². The highest BCUT2D eigenvalue weighted by Gasteiger charge is 2.13. The van der Waals surface area contributed by atoms with Gasteiger partial charge in [0.2, 0.25) is 0 Å². The van der Waals surface area contributed by atoms with Gasteiger partial charge in [-0.15, -0.1) is 11.3 Å². The number of rotatable bonds is 4. The molecule has 0 fully saturated rings. The molecule has 27 heavy (non-hydrogen) atoms. The van der Waals surface area contributed by atoms with Crippen LogP contribution in [0, 0.1) is 13.8 Å². The van der Waals surface area contributed by atoms with Crippen LogP contribution in [-0.4, -0.2) is 10.9 Å². The van der Waals surface area contributed by atoms with Gasteiger partial charge in [0.25, 0.3) is 5.91 Å². The fraction of sp³-hybridized carbons (Fsp3) is 0.0909. The number of benzene rings is 2. The molecule has 0 spiro atoms. The molecular formula is C22H18N2O2S. The van der Waals surface area contributed by atoms with Gasteiger partial charge in [0.15, 0.2) is 0 Å². The number of carbonyl (C=O) groups excluding carboxylic acids is 1. The van der Waals surface area contributed by atoms with Crippen molar-refractivity contribution < 1.29 is 9.53 Å². The van der Waals surface area contributed by atoms with Gasteiger partial charge in [-0.3, -0.25) is 4.79 Å². The lowest BCUT2D eigenvalue weighted by Crippen LogP contribution is -2.13. The van der Waals surface area contributed by atoms with Crippen molar-refractivity contribution in [1.29, 1.82) is 0 Å². The lowest BCUT2D eigenvalue weighted by atomic mass is 10.1. The van der Waals surface area contributed by atoms with Crippen molar-refractivity contribution in [2.45, 2.75) is 13.8 Å². The van der Waals surface area contributed by atoms with Gasteiger partial charge in [-0.2, -0.15) is 0 Å². The summed E-state index contributed by atoms with van der Waals surface area (Å²) in [5, 5.41) is 5.83. The quantitative estimate of drug-likeness (QED) is 0.480. The second-order valence-corrected chi connectivity index (χ2v) is 7.34. The Kier molecular flexibility index (Phi) is 4.60. The van der Waals surface area contributed by atoms with E-state index in [-0.39, 0.29) is 5.91 Å². The maximum absolute atomic E-state index is 12.7. The van der Waals surface area contributed by atoms with Gasteiger partial charge in [-0.25, -0.2) is 4.98 Å². The third kappa shape index (κ3) is 3.83. The molecule has 0 saturated heterocycles. The summed E-state index contributed by atoms with van der Waals surface area (Å²) in [5.41, 5.74) is 2.75. The zero-order valence-electron chi connectivity index (χ0n) is 15.0. The SMILES string of the molecule is Cc1ccc(Oc2cc(C(=O)Nc3ccc(C)cn3)cc3sccc23)cc1. The van der Waals surface area contributed by atoms with Crippen LogP contribution in [0.2, 0.25) is 0 Å². The summed E-state index contributed by atoms with van der Waals surface area (Å²) >= 11 is 1.58. The smallest absolute Gasteiger partial charge is 0.257 e. The molecule has 134 valence electrons. The van der Waals surface area contributed by atoms with Gasteiger partial charge >= 0.3 is 0 Å². The first kappa shape index (κ1) is 17.2. The number of pyridine rings is 1. The van der Waals surface area contributed by atoms with E-state index in [2.05, 4.69) is 10.3 Å². The fourth-order valence-electron chi connectivity index (χ4n) is 2.72. The summed E-state index contributed by atoms with van der Waals surface area (Å²) in [4.78, 5) is 16.9. The van der Waals surface area contributed by atoms with Crippen LogP contribution in [0.1, 0.15) is 21.5 Å². The first-order valence-electron chi connectivity index (χ1n) is 8.58. The second kappa shape index (κ2) is 7.21. The first-order chi connectivity index (χ1) is 13.1. The molecule has 0 aliphatic carbocycles. The fourth-order valence-corrected chi connectivity index (χ4v) is 3.56. The topological polar surface area (TPSA) is 51.2 Å². The van der Waals surface area contributed by atoms with Crippen LogP contribution < -0.4 is 10.1 Å². The minimum atomic E-state index is -0.213. The van der Waals surface area contributed by atoms with Crippen LogP contribution in [0.15, 0.2) is 66.2 Å². The van der Waals surface area contributed by atoms with Crippen molar-refractivity contribution in [3.63, 3.8) is 0 Å². The molecule has 0 saturated carbocycles. The molecule has 4 aromatic rings. The van der Waals surface area contributed by atoms with Crippen molar-refractivity contribution in [2.75, 3.05) is 5.32 Å². The van der Waals surface area contributed by atoms with E-state index in [1.54, 1.807) is 29.7 Å². The molecular weight excluding hydrogens is 356 g/mol. The van der Waals surface area contributed by atoms with E-state index in [4.69, 9.17) is 4.74 Å². The normalized spacial score (nSPS) is 10.7. The van der Waals surface area contributed by atoms with E-state index < -0.39 is 0 Å². The lowest BCUT2D eigenvalue weighted by Gasteiger charge is -2.10. The summed E-state index contributed by atoms with van der Waals surface area (Å²) in [7, 11) is 0. The zero-order chi connectivity index (χ0) is 18.8. The molecule has 0 radical (unpaired) electrons. The van der Waals surface area contributed by atoms with Gasteiger partial charge in [-0.05, 0) is 61.2 Å². The van der Waals surface area contributed by atoms with Crippen LogP contribution in [0.25, 0.3) is 10.1 Å². The van der Waals surface area contributed by atoms with E-state index in [0.29, 0.717) is 17.1 Å². The van der Waals surface area contributed by atoms with E-state index in [1.807, 2.05) is 61.7 Å². The van der Waals surface area contributed by atoms with Crippen molar-refractivity contribution in [3.05, 3.63) is 82.9 Å². The molecule has 0 unspecified atom stereocenters. The minimum Gasteiger partial charge on any atom is -0.457 e. The summed E-state index contributed by atoms with van der Waals surface area (Å²) in [6, 6.07) is 17.2. The number of fused-ring (bicyclic) bond motifs is 1. The molecule has 2 aromatic heterocycles. The predicted octanol–water partition coefficient (Wildman–Crippen LogP) is 5.96. The highest BCUT2D eigenvalue weighted by molar-refractivity contribution is 7.17. The number of aryl methyl sites for hydroxylation is 2. The van der Waals surface area contributed by atoms with E-state index in [9.17, 15) is 4.79 Å². The Hall–Kier alpha value is -3.18. The maximum Gasteiger partial charge on any atom is 0.257 e. The minimum absolute atomic E-state index is 0.213. The Balaban J connectivity index is 1.66. The van der Waals surface area contributed by atoms with Crippen LogP contribution in [-0.2, 0) is 0 Å². The Bertz CT molecular complexity index is 1100. The molecule has 4 rings (SSSR count). The number of amides is 1. The highest BCUT2D eigenvalue weighted by Crippen LogP contribution is 2.34. The number of carbonyl (C=O) groups is 1. The monoisotopic (exact) mass is 374 g/mol. The van der Waals surface area contributed by atoms with Crippen LogP contribution in [0.4, 0.5) is 5.82 Å². The van der Waals surface area contributed by atoms with Gasteiger partial charge < -0.3 is 10.1 Å². The Labute approximate surface area is 161 Å². The zero-order valence-corrected chi connectivity index (χ0v) is 15.8. The standard InChI is InChI=1S/C22H18N2O2S/c1-14-3-6-17(7-4-14)26-19-11-16(12-20-18(19)9-10-27-20)22(25)24-21-8-5-15(2)13-23-21/h3-13H,1-2H3,(H,23,24,25). The van der Waals surface area contributed by atoms with Crippen molar-refractivity contribution in [2.24, 2.45) is 0 Å². The number of thiophene rings is 1. The molecule has 1 amide bonds. The number of anilines is 1. The van der Waals surface area contributed by atoms with Gasteiger partial charge in [-0.1, -0.05) is 23.8 Å². The summed E-state index contributed by atoms with van der Waals surface area (Å²) in [6.45, 7) is 3.99. The molecule has 0 aliphatic rings. The van der Waals surface area contributed by atoms with Crippen molar-refractivity contribution >= 4 is 33.1 Å². The van der Waals surface area contributed by atoms with Gasteiger partial charge in [0.05, 0.1) is 0 Å². The largest absolute Gasteiger partial charge is 0.457 e. The average Bonchev–Trinajstić information content (AvgIpc) is 3.14. The average molecular weight is 374 g/mol. The Morgan fingerprint density at radius 3 is 2.52 bits per heavy atom. The van der Waals surface area contributed by atoms with Crippen LogP contribution >= 0.6 is 11.3 Å². The Morgan fingerprint density at radius 2 is 1.78 bits per heavy atom. The summed E-state index contributed by atoms with van der Waals surface area (Å²) < 4.78 is 7.07. The third-order valence-corrected chi connectivity index (χ3v) is 5.06. The molecule has 5 heteroatoms. The first-order valence-corrected chi connectivity index (χ1v) is 9.46. The highest BCUT2D eigenvalue weighted by atomic mass is 32.1. The predicted molar refractivity (Wildman–Crippen MR) is 110 cm³/mol. The molecule has 1 N–H and O–H groups in total. The number of hydrogen-bond acceptors (Lipinski definition) is 4. The molecule has 0 aliphatic heterocycles. The molecule has 4 nitrogen and oxygen atoms in total. The number of nitrogens with one attached hydrogen (secondary N) is 1. The molecule has 0 atom stereocenters. The van der Waals surface area contributed by atoms with Crippen LogP contribution in [0.5, 0.6) is 11.5 Å². The molecule has 0 bridgehead atoms. The lowest BCUT2D eigenvalue weighted by molar-refractivity contribution is 0.102. The maximum atomic E-state index is 12.7. The van der Waals surface area contributed by atoms with E-state index in [1.165, 1.54) is 5.56 Å². The Morgan fingerprint density at radius 1 is 1.00 bits per heavy atom. The summed E-state index contributed by atoms with van der Waals surface area (Å²) in [5.74, 6) is 1.72. The second-order valence-electron chi connectivity index (χ2n) is 6.40. The van der Waals surface area contributed by atoms with Crippen molar-refractivity contribution in [3.8, 4) is 11.5 Å². The van der Waals surface area contributed by atoms with Gasteiger partial charge in [0, 0.05) is 21.8 Å². The number of nitrogens with zero attached hydrogens (tertiary/aromatic N) is 1. The van der Waals surface area contributed by atoms with Crippen molar-refractivity contribution in [1.82, 2.24) is 4.98 Å². The summed E-state index contributed by atoms with van der Waals surface area (Å²) in [6.07, 6.45) is 1.73. The molecule has 2 aromatic carbocycles. The van der Waals surface area contributed by atoms with E-state index in [0.717, 1.165) is 21.4 Å². The molecule has 2 heterocycles. The third-order valence-electron chi connectivity index (χ3n) is 4.20.